The van der Waals surface area contributed by atoms with Crippen LogP contribution in [0, 0.1) is 0 Å². The molecular weight excluding hydrogens is 116 g/mol. The molecule has 0 aromatic heterocycles. The van der Waals surface area contributed by atoms with Crippen LogP contribution in [0.3, 0.4) is 0 Å². The molecular formula is C7H14O2. The van der Waals surface area contributed by atoms with E-state index in [1.54, 1.807) is 0 Å². The first-order valence-electron chi connectivity index (χ1n) is 3.02. The van der Waals surface area contributed by atoms with Gasteiger partial charge in [0.2, 0.25) is 0 Å². The molecule has 0 aromatic carbocycles. The van der Waals surface area contributed by atoms with Crippen LogP contribution < -0.4 is 0 Å². The van der Waals surface area contributed by atoms with E-state index in [2.05, 4.69) is 13.5 Å². The van der Waals surface area contributed by atoms with Crippen LogP contribution >= 0.6 is 0 Å². The summed E-state index contributed by atoms with van der Waals surface area (Å²) in [5.41, 5.74) is 0. The normalized spacial score (nSPS) is 6.78. The molecule has 9 heavy (non-hydrogen) atoms. The predicted molar refractivity (Wildman–Crippen MR) is 38.4 cm³/mol. The molecule has 0 bridgehead atoms. The molecule has 0 atom stereocenters. The zero-order valence-corrected chi connectivity index (χ0v) is 5.84. The van der Waals surface area contributed by atoms with Gasteiger partial charge in [0, 0.05) is 0 Å². The number of rotatable bonds is 3. The topological polar surface area (TPSA) is 37.3 Å². The van der Waals surface area contributed by atoms with Crippen LogP contribution in [0.2, 0.25) is 0 Å². The number of carboxylic acid groups (broad SMARTS) is 1. The molecule has 0 aliphatic heterocycles. The van der Waals surface area contributed by atoms with E-state index in [1.165, 1.54) is 19.3 Å². The molecule has 2 nitrogen and oxygen atoms in total. The van der Waals surface area contributed by atoms with E-state index in [1.807, 2.05) is 6.08 Å². The Morgan fingerprint density at radius 1 is 1.67 bits per heavy atom. The molecule has 2 heteroatoms. The van der Waals surface area contributed by atoms with Crippen molar-refractivity contribution in [1.82, 2.24) is 0 Å². The zero-order chi connectivity index (χ0) is 7.54. The van der Waals surface area contributed by atoms with Crippen LogP contribution in [0.5, 0.6) is 0 Å². The Morgan fingerprint density at radius 3 is 2.22 bits per heavy atom. The molecule has 0 spiro atoms. The summed E-state index contributed by atoms with van der Waals surface area (Å²) in [6.07, 6.45) is 5.72. The van der Waals surface area contributed by atoms with Crippen LogP contribution in [0.25, 0.3) is 0 Å². The van der Waals surface area contributed by atoms with Crippen molar-refractivity contribution in [1.29, 1.82) is 0 Å². The van der Waals surface area contributed by atoms with Crippen molar-refractivity contribution in [3.8, 4) is 0 Å². The Bertz CT molecular complexity index is 59.9. The average molecular weight is 130 g/mol. The summed E-state index contributed by atoms with van der Waals surface area (Å²) < 4.78 is 0. The highest BCUT2D eigenvalue weighted by atomic mass is 16.3. The molecule has 1 N–H and O–H groups in total. The summed E-state index contributed by atoms with van der Waals surface area (Å²) in [7, 11) is 0. The van der Waals surface area contributed by atoms with Gasteiger partial charge in [-0.3, -0.25) is 4.79 Å². The van der Waals surface area contributed by atoms with Crippen molar-refractivity contribution in [2.75, 3.05) is 0 Å². The first kappa shape index (κ1) is 11.1. The van der Waals surface area contributed by atoms with Crippen LogP contribution in [0.4, 0.5) is 0 Å². The second-order valence-electron chi connectivity index (χ2n) is 1.54. The van der Waals surface area contributed by atoms with Crippen LogP contribution in [-0.2, 0) is 4.79 Å². The third-order valence-electron chi connectivity index (χ3n) is 0.762. The molecule has 0 aliphatic rings. The lowest BCUT2D eigenvalue weighted by Gasteiger charge is -1.81. The third kappa shape index (κ3) is 40.1. The van der Waals surface area contributed by atoms with Crippen LogP contribution in [-0.4, -0.2) is 11.6 Å². The molecule has 0 amide bonds. The van der Waals surface area contributed by atoms with Crippen LogP contribution in [0.1, 0.15) is 26.2 Å². The van der Waals surface area contributed by atoms with E-state index in [9.17, 15) is 0 Å². The zero-order valence-electron chi connectivity index (χ0n) is 5.84. The number of hydrogen-bond donors (Lipinski definition) is 1. The first-order chi connectivity index (χ1) is 4.33. The number of unbranched alkanes of at least 4 members (excludes halogenated alkanes) is 2. The highest BCUT2D eigenvalue weighted by Gasteiger charge is 1.71. The van der Waals surface area contributed by atoms with Gasteiger partial charge in [0.15, 0.2) is 0 Å². The maximum absolute atomic E-state index is 8.36. The summed E-state index contributed by atoms with van der Waals surface area (Å²) in [5, 5.41) is 6.89. The molecule has 0 aliphatic carbocycles. The van der Waals surface area contributed by atoms with Gasteiger partial charge in [-0.2, -0.15) is 0 Å². The largest absolute Gasteiger partial charge is 0.483 e. The van der Waals surface area contributed by atoms with Gasteiger partial charge >= 0.3 is 0 Å². The maximum Gasteiger partial charge on any atom is 0.290 e. The molecule has 0 fully saturated rings. The smallest absolute Gasteiger partial charge is 0.290 e. The van der Waals surface area contributed by atoms with Crippen LogP contribution in [0.15, 0.2) is 12.7 Å². The molecule has 0 heterocycles. The third-order valence-corrected chi connectivity index (χ3v) is 0.762. The Balaban J connectivity index is 0. The highest BCUT2D eigenvalue weighted by Crippen LogP contribution is 1.91. The van der Waals surface area contributed by atoms with Crippen molar-refractivity contribution < 1.29 is 9.90 Å². The predicted octanol–water partition coefficient (Wildman–Crippen LogP) is 2.06. The Kier molecular flexibility index (Phi) is 19.3. The molecule has 0 rings (SSSR count). The van der Waals surface area contributed by atoms with Crippen molar-refractivity contribution in [2.45, 2.75) is 26.2 Å². The molecule has 0 unspecified atom stereocenters. The van der Waals surface area contributed by atoms with Gasteiger partial charge < -0.3 is 5.11 Å². The molecule has 0 radical (unpaired) electrons. The molecule has 54 valence electrons. The van der Waals surface area contributed by atoms with E-state index in [0.717, 1.165) is 0 Å². The highest BCUT2D eigenvalue weighted by molar-refractivity contribution is 5.32. The lowest BCUT2D eigenvalue weighted by Crippen LogP contribution is -1.61. The van der Waals surface area contributed by atoms with Crippen molar-refractivity contribution in [2.24, 2.45) is 0 Å². The Labute approximate surface area is 56.2 Å². The second kappa shape index (κ2) is 15.7. The Morgan fingerprint density at radius 2 is 2.11 bits per heavy atom. The monoisotopic (exact) mass is 130 g/mol. The maximum atomic E-state index is 8.36. The first-order valence-corrected chi connectivity index (χ1v) is 3.02. The standard InChI is InChI=1S/C6H12.CH2O2/c1-3-5-6-4-2;2-1-3/h3H,1,4-6H2,2H3;1H,(H,2,3). The molecule has 0 saturated carbocycles. The Hall–Kier alpha value is -0.790. The fourth-order valence-electron chi connectivity index (χ4n) is 0.348. The summed E-state index contributed by atoms with van der Waals surface area (Å²) in [6.45, 7) is 5.53. The molecule has 0 saturated heterocycles. The number of carbonyl (C=O) groups is 1. The second-order valence-corrected chi connectivity index (χ2v) is 1.54. The van der Waals surface area contributed by atoms with Gasteiger partial charge in [0.1, 0.15) is 0 Å². The quantitative estimate of drug-likeness (QED) is 0.360. The van der Waals surface area contributed by atoms with Gasteiger partial charge in [-0.25, -0.2) is 0 Å². The number of hydrogen-bond acceptors (Lipinski definition) is 1. The average Bonchev–Trinajstić information content (AvgIpc) is 1.86. The lowest BCUT2D eigenvalue weighted by molar-refractivity contribution is -0.122. The van der Waals surface area contributed by atoms with Gasteiger partial charge in [0.25, 0.3) is 6.47 Å². The van der Waals surface area contributed by atoms with E-state index in [0.29, 0.717) is 0 Å². The van der Waals surface area contributed by atoms with Gasteiger partial charge in [0.05, 0.1) is 0 Å². The molecule has 0 aromatic rings. The number of allylic oxidation sites excluding steroid dienone is 1. The summed E-state index contributed by atoms with van der Waals surface area (Å²) in [4.78, 5) is 8.36. The fourth-order valence-corrected chi connectivity index (χ4v) is 0.348. The van der Waals surface area contributed by atoms with Crippen molar-refractivity contribution in [3.05, 3.63) is 12.7 Å². The summed E-state index contributed by atoms with van der Waals surface area (Å²) >= 11 is 0. The SMILES string of the molecule is C=CCCCC.O=CO. The van der Waals surface area contributed by atoms with Gasteiger partial charge in [-0.05, 0) is 6.42 Å². The lowest BCUT2D eigenvalue weighted by atomic mass is 10.3. The van der Waals surface area contributed by atoms with E-state index >= 15 is 0 Å². The summed E-state index contributed by atoms with van der Waals surface area (Å²) in [5.74, 6) is 0. The minimum atomic E-state index is -0.250. The minimum absolute atomic E-state index is 0.250. The summed E-state index contributed by atoms with van der Waals surface area (Å²) in [6, 6.07) is 0. The fraction of sp³-hybridized carbons (Fsp3) is 0.571. The van der Waals surface area contributed by atoms with Crippen molar-refractivity contribution >= 4 is 6.47 Å². The van der Waals surface area contributed by atoms with E-state index in [-0.39, 0.29) is 6.47 Å². The minimum Gasteiger partial charge on any atom is -0.483 e. The van der Waals surface area contributed by atoms with Gasteiger partial charge in [-0.1, -0.05) is 25.8 Å². The van der Waals surface area contributed by atoms with Gasteiger partial charge in [-0.15, -0.1) is 6.58 Å². The van der Waals surface area contributed by atoms with E-state index < -0.39 is 0 Å². The van der Waals surface area contributed by atoms with E-state index in [4.69, 9.17) is 9.90 Å². The van der Waals surface area contributed by atoms with Crippen molar-refractivity contribution in [3.63, 3.8) is 0 Å².